The molecule has 0 amide bonds. The van der Waals surface area contributed by atoms with Crippen LogP contribution in [0.5, 0.6) is 0 Å². The van der Waals surface area contributed by atoms with Crippen LogP contribution in [0.3, 0.4) is 0 Å². The summed E-state index contributed by atoms with van der Waals surface area (Å²) in [6, 6.07) is 9.72. The quantitative estimate of drug-likeness (QED) is 0.716. The van der Waals surface area contributed by atoms with E-state index in [-0.39, 0.29) is 5.97 Å². The summed E-state index contributed by atoms with van der Waals surface area (Å²) in [6.45, 7) is 0.802. The molecule has 78 valence electrons. The lowest BCUT2D eigenvalue weighted by atomic mass is 10.0. The van der Waals surface area contributed by atoms with Crippen molar-refractivity contribution < 1.29 is 14.1 Å². The summed E-state index contributed by atoms with van der Waals surface area (Å²) in [6.07, 6.45) is 0. The Morgan fingerprint density at radius 3 is 2.67 bits per heavy atom. The van der Waals surface area contributed by atoms with Crippen LogP contribution < -0.4 is 0 Å². The van der Waals surface area contributed by atoms with Crippen LogP contribution in [0, 0.1) is 0 Å². The number of rotatable bonds is 2. The Bertz CT molecular complexity index is 398. The van der Waals surface area contributed by atoms with Gasteiger partial charge in [-0.05, 0) is 11.1 Å². The number of benzene rings is 1. The minimum Gasteiger partial charge on any atom is -0.448 e. The zero-order chi connectivity index (χ0) is 10.7. The third-order valence-corrected chi connectivity index (χ3v) is 2.55. The average Bonchev–Trinajstić information content (AvgIpc) is 2.78. The molecule has 1 heterocycles. The van der Waals surface area contributed by atoms with Gasteiger partial charge in [0.2, 0.25) is 0 Å². The first kappa shape index (κ1) is 10.3. The maximum atomic E-state index is 11.4. The first-order chi connectivity index (χ1) is 7.33. The van der Waals surface area contributed by atoms with E-state index in [1.807, 2.05) is 39.8 Å². The van der Waals surface area contributed by atoms with Crippen molar-refractivity contribution in [3.05, 3.63) is 41.5 Å². The molecule has 0 saturated carbocycles. The Balaban J connectivity index is 2.38. The summed E-state index contributed by atoms with van der Waals surface area (Å²) in [5.74, 6) is -0.337. The van der Waals surface area contributed by atoms with E-state index < -0.39 is 0 Å². The SMILES string of the molecule is O=C(OP)C1=C(c2ccccc2)COC1. The molecule has 2 rings (SSSR count). The second-order valence-corrected chi connectivity index (χ2v) is 3.46. The highest BCUT2D eigenvalue weighted by atomic mass is 31.0. The molecular weight excluding hydrogens is 211 g/mol. The molecule has 0 saturated heterocycles. The van der Waals surface area contributed by atoms with E-state index in [9.17, 15) is 4.79 Å². The van der Waals surface area contributed by atoms with Crippen LogP contribution in [0.1, 0.15) is 5.56 Å². The fourth-order valence-electron chi connectivity index (χ4n) is 1.58. The average molecular weight is 222 g/mol. The smallest absolute Gasteiger partial charge is 0.338 e. The molecule has 1 atom stereocenters. The standard InChI is InChI=1S/C11H11O3P/c12-11(14-15)10-7-13-6-9(10)8-4-2-1-3-5-8/h1-5H,6-7,15H2. The number of ether oxygens (including phenoxy) is 1. The molecule has 0 fully saturated rings. The minimum atomic E-state index is -0.337. The van der Waals surface area contributed by atoms with Crippen LogP contribution in [-0.2, 0) is 14.1 Å². The van der Waals surface area contributed by atoms with Gasteiger partial charge in [-0.25, -0.2) is 4.79 Å². The van der Waals surface area contributed by atoms with E-state index in [1.165, 1.54) is 0 Å². The lowest BCUT2D eigenvalue weighted by Gasteiger charge is -2.03. The Labute approximate surface area is 90.4 Å². The van der Waals surface area contributed by atoms with Gasteiger partial charge < -0.3 is 9.26 Å². The highest BCUT2D eigenvalue weighted by Crippen LogP contribution is 2.25. The van der Waals surface area contributed by atoms with Crippen molar-refractivity contribution in [1.29, 1.82) is 0 Å². The third kappa shape index (κ3) is 2.09. The van der Waals surface area contributed by atoms with Crippen LogP contribution in [0.15, 0.2) is 35.9 Å². The first-order valence-electron chi connectivity index (χ1n) is 4.59. The van der Waals surface area contributed by atoms with E-state index in [0.29, 0.717) is 18.8 Å². The summed E-state index contributed by atoms with van der Waals surface area (Å²) in [5.41, 5.74) is 2.54. The fraction of sp³-hybridized carbons (Fsp3) is 0.182. The van der Waals surface area contributed by atoms with Crippen LogP contribution in [-0.4, -0.2) is 19.2 Å². The van der Waals surface area contributed by atoms with Crippen molar-refractivity contribution >= 4 is 21.0 Å². The van der Waals surface area contributed by atoms with E-state index in [2.05, 4.69) is 4.52 Å². The first-order valence-corrected chi connectivity index (χ1v) is 5.06. The molecule has 0 bridgehead atoms. The molecule has 1 aromatic carbocycles. The van der Waals surface area contributed by atoms with Crippen LogP contribution in [0.4, 0.5) is 0 Å². The van der Waals surface area contributed by atoms with Crippen molar-refractivity contribution in [2.24, 2.45) is 0 Å². The van der Waals surface area contributed by atoms with Crippen LogP contribution in [0.25, 0.3) is 5.57 Å². The lowest BCUT2D eigenvalue weighted by Crippen LogP contribution is -2.04. The number of carbonyl (C=O) groups is 1. The molecule has 1 aliphatic heterocycles. The zero-order valence-corrected chi connectivity index (χ0v) is 9.26. The molecule has 1 aromatic rings. The Morgan fingerprint density at radius 2 is 2.00 bits per heavy atom. The van der Waals surface area contributed by atoms with Crippen LogP contribution in [0.2, 0.25) is 0 Å². The van der Waals surface area contributed by atoms with Gasteiger partial charge in [0.1, 0.15) is 0 Å². The fourth-order valence-corrected chi connectivity index (χ4v) is 1.72. The van der Waals surface area contributed by atoms with E-state index >= 15 is 0 Å². The second kappa shape index (κ2) is 4.56. The van der Waals surface area contributed by atoms with Gasteiger partial charge in [0.15, 0.2) is 0 Å². The predicted octanol–water partition coefficient (Wildman–Crippen LogP) is 1.80. The summed E-state index contributed by atoms with van der Waals surface area (Å²) in [4.78, 5) is 11.4. The summed E-state index contributed by atoms with van der Waals surface area (Å²) >= 11 is 0. The van der Waals surface area contributed by atoms with Crippen molar-refractivity contribution in [1.82, 2.24) is 0 Å². The summed E-state index contributed by atoms with van der Waals surface area (Å²) < 4.78 is 9.89. The molecule has 3 nitrogen and oxygen atoms in total. The molecule has 0 aliphatic carbocycles. The van der Waals surface area contributed by atoms with E-state index in [0.717, 1.165) is 11.1 Å². The molecular formula is C11H11O3P. The third-order valence-electron chi connectivity index (χ3n) is 2.33. The van der Waals surface area contributed by atoms with E-state index in [4.69, 9.17) is 4.74 Å². The molecule has 0 radical (unpaired) electrons. The Kier molecular flexibility index (Phi) is 3.14. The van der Waals surface area contributed by atoms with E-state index in [1.54, 1.807) is 0 Å². The summed E-state index contributed by atoms with van der Waals surface area (Å²) in [5, 5.41) is 0. The lowest BCUT2D eigenvalue weighted by molar-refractivity contribution is -0.129. The zero-order valence-electron chi connectivity index (χ0n) is 8.10. The largest absolute Gasteiger partial charge is 0.448 e. The molecule has 0 N–H and O–H groups in total. The van der Waals surface area contributed by atoms with Crippen molar-refractivity contribution in [2.75, 3.05) is 13.2 Å². The highest BCUT2D eigenvalue weighted by molar-refractivity contribution is 7.10. The van der Waals surface area contributed by atoms with Gasteiger partial charge >= 0.3 is 5.97 Å². The van der Waals surface area contributed by atoms with Crippen LogP contribution >= 0.6 is 9.47 Å². The van der Waals surface area contributed by atoms with Gasteiger partial charge in [0.25, 0.3) is 0 Å². The van der Waals surface area contributed by atoms with Crippen molar-refractivity contribution in [2.45, 2.75) is 0 Å². The Morgan fingerprint density at radius 1 is 1.27 bits per heavy atom. The number of hydrogen-bond acceptors (Lipinski definition) is 3. The molecule has 0 spiro atoms. The normalized spacial score (nSPS) is 15.5. The van der Waals surface area contributed by atoms with Gasteiger partial charge in [0, 0.05) is 0 Å². The molecule has 0 aromatic heterocycles. The number of carbonyl (C=O) groups excluding carboxylic acids is 1. The minimum absolute atomic E-state index is 0.331. The van der Waals surface area contributed by atoms with Gasteiger partial charge in [-0.15, -0.1) is 0 Å². The van der Waals surface area contributed by atoms with Crippen molar-refractivity contribution in [3.8, 4) is 0 Å². The molecule has 1 unspecified atom stereocenters. The van der Waals surface area contributed by atoms with Gasteiger partial charge in [-0.3, -0.25) is 0 Å². The van der Waals surface area contributed by atoms with Gasteiger partial charge in [0.05, 0.1) is 28.3 Å². The van der Waals surface area contributed by atoms with Crippen molar-refractivity contribution in [3.63, 3.8) is 0 Å². The highest BCUT2D eigenvalue weighted by Gasteiger charge is 2.22. The Hall–Kier alpha value is -1.18. The number of hydrogen-bond donors (Lipinski definition) is 0. The van der Waals surface area contributed by atoms with Gasteiger partial charge in [-0.2, -0.15) is 0 Å². The maximum Gasteiger partial charge on any atom is 0.338 e. The predicted molar refractivity (Wildman–Crippen MR) is 60.0 cm³/mol. The molecule has 15 heavy (non-hydrogen) atoms. The monoisotopic (exact) mass is 222 g/mol. The van der Waals surface area contributed by atoms with Gasteiger partial charge in [-0.1, -0.05) is 30.3 Å². The molecule has 1 aliphatic rings. The summed E-state index contributed by atoms with van der Waals surface area (Å²) in [7, 11) is 1.96. The maximum absolute atomic E-state index is 11.4. The molecule has 4 heteroatoms. The topological polar surface area (TPSA) is 35.5 Å². The second-order valence-electron chi connectivity index (χ2n) is 3.22.